The van der Waals surface area contributed by atoms with Gasteiger partial charge in [-0.15, -0.1) is 11.3 Å². The van der Waals surface area contributed by atoms with E-state index in [0.717, 1.165) is 35.0 Å². The van der Waals surface area contributed by atoms with Gasteiger partial charge in [-0.3, -0.25) is 9.36 Å². The van der Waals surface area contributed by atoms with Crippen LogP contribution in [0.1, 0.15) is 42.0 Å². The number of nitrogens with one attached hydrogen (secondary N) is 1. The molecule has 1 amide bonds. The van der Waals surface area contributed by atoms with Crippen LogP contribution in [0.15, 0.2) is 17.6 Å². The number of aromatic nitrogens is 2. The summed E-state index contributed by atoms with van der Waals surface area (Å²) in [5.41, 5.74) is 2.72. The molecule has 0 saturated carbocycles. The summed E-state index contributed by atoms with van der Waals surface area (Å²) in [6.45, 7) is 8.99. The number of carbonyl (C=O) groups excluding carboxylic acids is 1. The van der Waals surface area contributed by atoms with E-state index in [1.807, 2.05) is 29.9 Å². The zero-order valence-electron chi connectivity index (χ0n) is 12.4. The molecule has 0 radical (unpaired) electrons. The summed E-state index contributed by atoms with van der Waals surface area (Å²) in [5.74, 6) is 0.597. The van der Waals surface area contributed by atoms with Crippen LogP contribution < -0.4 is 5.32 Å². The van der Waals surface area contributed by atoms with Crippen LogP contribution in [0.3, 0.4) is 0 Å². The molecule has 0 atom stereocenters. The van der Waals surface area contributed by atoms with E-state index in [0.29, 0.717) is 5.92 Å². The zero-order valence-corrected chi connectivity index (χ0v) is 13.3. The smallest absolute Gasteiger partial charge is 0.253 e. The van der Waals surface area contributed by atoms with Gasteiger partial charge in [-0.2, -0.15) is 0 Å². The molecule has 1 N–H and O–H groups in total. The molecule has 2 aromatic heterocycles. The molecule has 2 aromatic rings. The lowest BCUT2D eigenvalue weighted by molar-refractivity contribution is 0.0951. The highest BCUT2D eigenvalue weighted by atomic mass is 32.1. The molecule has 0 aliphatic heterocycles. The van der Waals surface area contributed by atoms with E-state index < -0.39 is 0 Å². The summed E-state index contributed by atoms with van der Waals surface area (Å²) in [6, 6.07) is 1.93. The van der Waals surface area contributed by atoms with Gasteiger partial charge in [0.15, 0.2) is 5.13 Å². The summed E-state index contributed by atoms with van der Waals surface area (Å²) in [7, 11) is 0. The number of carbonyl (C=O) groups is 1. The number of rotatable bonds is 5. The third kappa shape index (κ3) is 3.10. The molecule has 0 unspecified atom stereocenters. The Hall–Kier alpha value is -1.62. The van der Waals surface area contributed by atoms with Crippen LogP contribution in [0, 0.1) is 19.8 Å². The van der Waals surface area contributed by atoms with Crippen molar-refractivity contribution >= 4 is 17.2 Å². The summed E-state index contributed by atoms with van der Waals surface area (Å²) in [5, 5.41) is 5.83. The van der Waals surface area contributed by atoms with Crippen molar-refractivity contribution in [2.24, 2.45) is 5.92 Å². The predicted molar refractivity (Wildman–Crippen MR) is 82.7 cm³/mol. The van der Waals surface area contributed by atoms with Gasteiger partial charge in [-0.25, -0.2) is 4.98 Å². The van der Waals surface area contributed by atoms with E-state index in [9.17, 15) is 4.79 Å². The average molecular weight is 291 g/mol. The first-order chi connectivity index (χ1) is 9.50. The largest absolute Gasteiger partial charge is 0.352 e. The predicted octanol–water partition coefficient (Wildman–Crippen LogP) is 3.33. The second-order valence-electron chi connectivity index (χ2n) is 5.37. The van der Waals surface area contributed by atoms with E-state index in [2.05, 4.69) is 24.1 Å². The molecule has 0 aliphatic rings. The Morgan fingerprint density at radius 2 is 2.20 bits per heavy atom. The molecular weight excluding hydrogens is 270 g/mol. The van der Waals surface area contributed by atoms with Crippen LogP contribution in [-0.4, -0.2) is 22.0 Å². The summed E-state index contributed by atoms with van der Waals surface area (Å²) in [4.78, 5) is 16.6. The Morgan fingerprint density at radius 3 is 2.80 bits per heavy atom. The molecule has 108 valence electrons. The Labute approximate surface area is 123 Å². The van der Waals surface area contributed by atoms with Gasteiger partial charge in [0.1, 0.15) is 0 Å². The summed E-state index contributed by atoms with van der Waals surface area (Å²) in [6.07, 6.45) is 2.78. The SMILES string of the molecule is Cc1cc(C(=O)NCCC(C)C)c(C)n1-c1nccs1. The molecule has 4 nitrogen and oxygen atoms in total. The van der Waals surface area contributed by atoms with Crippen LogP contribution in [-0.2, 0) is 0 Å². The lowest BCUT2D eigenvalue weighted by Gasteiger charge is -2.08. The number of hydrogen-bond donors (Lipinski definition) is 1. The summed E-state index contributed by atoms with van der Waals surface area (Å²) < 4.78 is 2.03. The Balaban J connectivity index is 2.17. The van der Waals surface area contributed by atoms with Crippen molar-refractivity contribution in [1.29, 1.82) is 0 Å². The van der Waals surface area contributed by atoms with Gasteiger partial charge in [0.25, 0.3) is 5.91 Å². The molecule has 2 rings (SSSR count). The molecule has 0 aliphatic carbocycles. The van der Waals surface area contributed by atoms with Crippen LogP contribution >= 0.6 is 11.3 Å². The van der Waals surface area contributed by atoms with Crippen molar-refractivity contribution in [2.75, 3.05) is 6.54 Å². The minimum atomic E-state index is 0.00144. The van der Waals surface area contributed by atoms with Gasteiger partial charge in [-0.05, 0) is 32.3 Å². The molecule has 0 aromatic carbocycles. The number of amides is 1. The fourth-order valence-electron chi connectivity index (χ4n) is 2.18. The molecular formula is C15H21N3OS. The number of aryl methyl sites for hydroxylation is 1. The van der Waals surface area contributed by atoms with Gasteiger partial charge in [0, 0.05) is 29.5 Å². The van der Waals surface area contributed by atoms with Crippen molar-refractivity contribution in [3.63, 3.8) is 0 Å². The number of hydrogen-bond acceptors (Lipinski definition) is 3. The first-order valence-electron chi connectivity index (χ1n) is 6.87. The Kier molecular flexibility index (Phi) is 4.60. The third-order valence-corrected chi connectivity index (χ3v) is 4.05. The molecule has 2 heterocycles. The Bertz CT molecular complexity index is 585. The van der Waals surface area contributed by atoms with Gasteiger partial charge in [-0.1, -0.05) is 13.8 Å². The van der Waals surface area contributed by atoms with E-state index in [1.165, 1.54) is 0 Å². The van der Waals surface area contributed by atoms with Crippen LogP contribution in [0.25, 0.3) is 5.13 Å². The van der Waals surface area contributed by atoms with E-state index in [4.69, 9.17) is 0 Å². The van der Waals surface area contributed by atoms with Crippen molar-refractivity contribution in [3.05, 3.63) is 34.6 Å². The third-order valence-electron chi connectivity index (χ3n) is 3.29. The minimum absolute atomic E-state index is 0.00144. The quantitative estimate of drug-likeness (QED) is 0.918. The second kappa shape index (κ2) is 6.22. The van der Waals surface area contributed by atoms with Crippen LogP contribution in [0.5, 0.6) is 0 Å². The maximum Gasteiger partial charge on any atom is 0.253 e. The molecule has 0 saturated heterocycles. The minimum Gasteiger partial charge on any atom is -0.352 e. The van der Waals surface area contributed by atoms with Gasteiger partial charge in [0.2, 0.25) is 0 Å². The number of thiazole rings is 1. The highest BCUT2D eigenvalue weighted by Crippen LogP contribution is 2.22. The topological polar surface area (TPSA) is 46.9 Å². The maximum absolute atomic E-state index is 12.2. The fraction of sp³-hybridized carbons (Fsp3) is 0.467. The Morgan fingerprint density at radius 1 is 1.45 bits per heavy atom. The zero-order chi connectivity index (χ0) is 14.7. The monoisotopic (exact) mass is 291 g/mol. The van der Waals surface area contributed by atoms with E-state index in [1.54, 1.807) is 17.5 Å². The van der Waals surface area contributed by atoms with Crippen molar-refractivity contribution in [3.8, 4) is 5.13 Å². The average Bonchev–Trinajstić information content (AvgIpc) is 2.97. The van der Waals surface area contributed by atoms with E-state index >= 15 is 0 Å². The van der Waals surface area contributed by atoms with Crippen LogP contribution in [0.4, 0.5) is 0 Å². The van der Waals surface area contributed by atoms with Gasteiger partial charge >= 0.3 is 0 Å². The number of nitrogens with zero attached hydrogens (tertiary/aromatic N) is 2. The van der Waals surface area contributed by atoms with Gasteiger partial charge in [0.05, 0.1) is 5.56 Å². The van der Waals surface area contributed by atoms with Crippen molar-refractivity contribution in [2.45, 2.75) is 34.1 Å². The molecule has 0 bridgehead atoms. The molecule has 0 spiro atoms. The van der Waals surface area contributed by atoms with E-state index in [-0.39, 0.29) is 5.91 Å². The highest BCUT2D eigenvalue weighted by molar-refractivity contribution is 7.12. The molecule has 5 heteroatoms. The van der Waals surface area contributed by atoms with Crippen molar-refractivity contribution in [1.82, 2.24) is 14.9 Å². The second-order valence-corrected chi connectivity index (χ2v) is 6.25. The van der Waals surface area contributed by atoms with Crippen LogP contribution in [0.2, 0.25) is 0 Å². The highest BCUT2D eigenvalue weighted by Gasteiger charge is 2.17. The standard InChI is InChI=1S/C15H21N3OS/c1-10(2)5-6-16-14(19)13-9-11(3)18(12(13)4)15-17-7-8-20-15/h7-10H,5-6H2,1-4H3,(H,16,19). The first-order valence-corrected chi connectivity index (χ1v) is 7.75. The maximum atomic E-state index is 12.2. The fourth-order valence-corrected chi connectivity index (χ4v) is 2.93. The summed E-state index contributed by atoms with van der Waals surface area (Å²) >= 11 is 1.57. The van der Waals surface area contributed by atoms with Gasteiger partial charge < -0.3 is 5.32 Å². The first kappa shape index (κ1) is 14.8. The van der Waals surface area contributed by atoms with Crippen molar-refractivity contribution < 1.29 is 4.79 Å². The molecule has 20 heavy (non-hydrogen) atoms. The lowest BCUT2D eigenvalue weighted by atomic mass is 10.1. The molecule has 0 fully saturated rings. The normalized spacial score (nSPS) is 11.1. The lowest BCUT2D eigenvalue weighted by Crippen LogP contribution is -2.25.